The van der Waals surface area contributed by atoms with Crippen molar-refractivity contribution in [2.24, 2.45) is 7.05 Å². The molecule has 1 aromatic heterocycles. The van der Waals surface area contributed by atoms with Gasteiger partial charge in [-0.1, -0.05) is 60.5 Å². The lowest BCUT2D eigenvalue weighted by Gasteiger charge is -2.12. The van der Waals surface area contributed by atoms with Gasteiger partial charge >= 0.3 is 0 Å². The third-order valence-corrected chi connectivity index (χ3v) is 6.22. The fourth-order valence-electron chi connectivity index (χ4n) is 3.62. The van der Waals surface area contributed by atoms with Crippen molar-refractivity contribution in [3.05, 3.63) is 80.5 Å². The summed E-state index contributed by atoms with van der Waals surface area (Å²) in [5.41, 5.74) is 2.70. The number of rotatable bonds is 8. The number of carbonyl (C=O) groups excluding carboxylic acids is 2. The Labute approximate surface area is 190 Å². The van der Waals surface area contributed by atoms with Crippen molar-refractivity contribution in [2.45, 2.75) is 32.1 Å². The molecule has 3 aromatic rings. The van der Waals surface area contributed by atoms with E-state index in [1.165, 1.54) is 4.68 Å². The van der Waals surface area contributed by atoms with Gasteiger partial charge in [0.05, 0.1) is 10.7 Å². The van der Waals surface area contributed by atoms with Crippen molar-refractivity contribution >= 4 is 34.8 Å². The maximum absolute atomic E-state index is 13.6. The molecule has 0 N–H and O–H groups in total. The first-order valence-electron chi connectivity index (χ1n) is 10.2. The van der Waals surface area contributed by atoms with E-state index >= 15 is 0 Å². The fraction of sp³-hybridized carbons (Fsp3) is 0.292. The van der Waals surface area contributed by atoms with E-state index in [-0.39, 0.29) is 30.0 Å². The summed E-state index contributed by atoms with van der Waals surface area (Å²) >= 11 is 12.8. The smallest absolute Gasteiger partial charge is 0.223 e. The third-order valence-electron chi connectivity index (χ3n) is 5.43. The fourth-order valence-corrected chi connectivity index (χ4v) is 4.35. The van der Waals surface area contributed by atoms with Gasteiger partial charge in [-0.25, -0.2) is 4.68 Å². The van der Waals surface area contributed by atoms with Gasteiger partial charge < -0.3 is 4.74 Å². The highest BCUT2D eigenvalue weighted by Crippen LogP contribution is 2.44. The van der Waals surface area contributed by atoms with Crippen LogP contribution < -0.4 is 4.74 Å². The Kier molecular flexibility index (Phi) is 6.17. The van der Waals surface area contributed by atoms with Gasteiger partial charge in [0, 0.05) is 29.1 Å². The van der Waals surface area contributed by atoms with E-state index in [2.05, 4.69) is 5.10 Å². The molecule has 1 saturated carbocycles. The van der Waals surface area contributed by atoms with Gasteiger partial charge in [0.25, 0.3) is 0 Å². The first kappa shape index (κ1) is 21.6. The van der Waals surface area contributed by atoms with E-state index in [4.69, 9.17) is 27.9 Å². The van der Waals surface area contributed by atoms with E-state index in [0.717, 1.165) is 18.4 Å². The number of Topliss-reactive ketones (excluding diaryl/α,β-unsaturated/α-hetero) is 1. The van der Waals surface area contributed by atoms with Crippen LogP contribution in [0.1, 0.15) is 63.2 Å². The second-order valence-corrected chi connectivity index (χ2v) is 8.40. The number of hydrogen-bond acceptors (Lipinski definition) is 4. The Balaban J connectivity index is 1.70. The SMILES string of the molecule is CCc1c(Cl)ccc(C(=O)c2c(C3CC3)nn(C)c2OCC(=O)c2ccccc2)c1Cl. The van der Waals surface area contributed by atoms with Crippen LogP contribution >= 0.6 is 23.2 Å². The van der Waals surface area contributed by atoms with Gasteiger partial charge in [-0.15, -0.1) is 0 Å². The van der Waals surface area contributed by atoms with Crippen LogP contribution in [0.2, 0.25) is 10.0 Å². The highest BCUT2D eigenvalue weighted by molar-refractivity contribution is 6.39. The second-order valence-electron chi connectivity index (χ2n) is 7.61. The van der Waals surface area contributed by atoms with Gasteiger partial charge in [0.1, 0.15) is 5.56 Å². The topological polar surface area (TPSA) is 61.2 Å². The molecule has 0 radical (unpaired) electrons. The van der Waals surface area contributed by atoms with E-state index in [1.807, 2.05) is 13.0 Å². The van der Waals surface area contributed by atoms with Crippen molar-refractivity contribution in [3.8, 4) is 5.88 Å². The molecule has 1 aliphatic rings. The molecular formula is C24H22Cl2N2O3. The van der Waals surface area contributed by atoms with E-state index in [1.54, 1.807) is 43.4 Å². The van der Waals surface area contributed by atoms with Crippen LogP contribution in [0.4, 0.5) is 0 Å². The minimum absolute atomic E-state index is 0.175. The lowest BCUT2D eigenvalue weighted by atomic mass is 9.99. The Morgan fingerprint density at radius 2 is 1.84 bits per heavy atom. The largest absolute Gasteiger partial charge is 0.469 e. The summed E-state index contributed by atoms with van der Waals surface area (Å²) in [5, 5.41) is 5.42. The Morgan fingerprint density at radius 1 is 1.13 bits per heavy atom. The van der Waals surface area contributed by atoms with Gasteiger partial charge in [0.15, 0.2) is 12.4 Å². The van der Waals surface area contributed by atoms with Crippen molar-refractivity contribution < 1.29 is 14.3 Å². The molecule has 31 heavy (non-hydrogen) atoms. The van der Waals surface area contributed by atoms with Gasteiger partial charge in [-0.3, -0.25) is 9.59 Å². The number of ether oxygens (including phenoxy) is 1. The zero-order valence-corrected chi connectivity index (χ0v) is 18.8. The molecular weight excluding hydrogens is 435 g/mol. The zero-order valence-electron chi connectivity index (χ0n) is 17.3. The van der Waals surface area contributed by atoms with Crippen LogP contribution in [0, 0.1) is 0 Å². The third kappa shape index (κ3) is 4.25. The Hall–Kier alpha value is -2.63. The standard InChI is InChI=1S/C24H22Cl2N2O3/c1-3-16-18(25)12-11-17(21(16)26)23(30)20-22(15-9-10-15)27-28(2)24(20)31-13-19(29)14-7-5-4-6-8-14/h4-8,11-12,15H,3,9-10,13H2,1-2H3. The molecule has 1 fully saturated rings. The second kappa shape index (κ2) is 8.85. The molecule has 160 valence electrons. The molecule has 0 unspecified atom stereocenters. The number of nitrogens with zero attached hydrogens (tertiary/aromatic N) is 2. The molecule has 0 saturated heterocycles. The number of hydrogen-bond donors (Lipinski definition) is 0. The summed E-state index contributed by atoms with van der Waals surface area (Å²) in [7, 11) is 1.71. The van der Waals surface area contributed by atoms with Crippen molar-refractivity contribution in [1.82, 2.24) is 9.78 Å². The average molecular weight is 457 g/mol. The highest BCUT2D eigenvalue weighted by atomic mass is 35.5. The molecule has 7 heteroatoms. The van der Waals surface area contributed by atoms with Crippen molar-refractivity contribution in [3.63, 3.8) is 0 Å². The predicted molar refractivity (Wildman–Crippen MR) is 121 cm³/mol. The first-order valence-corrected chi connectivity index (χ1v) is 11.0. The summed E-state index contributed by atoms with van der Waals surface area (Å²) in [6, 6.07) is 12.2. The number of carbonyl (C=O) groups is 2. The lowest BCUT2D eigenvalue weighted by molar-refractivity contribution is 0.0908. The number of halogens is 2. The van der Waals surface area contributed by atoms with E-state index in [9.17, 15) is 9.59 Å². The van der Waals surface area contributed by atoms with Crippen LogP contribution in [-0.2, 0) is 13.5 Å². The summed E-state index contributed by atoms with van der Waals surface area (Å²) < 4.78 is 7.40. The van der Waals surface area contributed by atoms with Crippen LogP contribution in [0.25, 0.3) is 0 Å². The molecule has 0 atom stereocenters. The average Bonchev–Trinajstić information content (AvgIpc) is 3.56. The summed E-state index contributed by atoms with van der Waals surface area (Å²) in [6.45, 7) is 1.74. The van der Waals surface area contributed by atoms with Crippen molar-refractivity contribution in [2.75, 3.05) is 6.61 Å². The lowest BCUT2D eigenvalue weighted by Crippen LogP contribution is -2.15. The number of aromatic nitrogens is 2. The minimum atomic E-state index is -0.270. The number of benzene rings is 2. The quantitative estimate of drug-likeness (QED) is 0.410. The molecule has 0 spiro atoms. The number of ketones is 2. The van der Waals surface area contributed by atoms with E-state index in [0.29, 0.717) is 38.9 Å². The summed E-state index contributed by atoms with van der Waals surface area (Å²) in [6.07, 6.45) is 2.54. The Bertz CT molecular complexity index is 1150. The maximum atomic E-state index is 13.6. The molecule has 5 nitrogen and oxygen atoms in total. The minimum Gasteiger partial charge on any atom is -0.469 e. The molecule has 4 rings (SSSR count). The molecule has 0 bridgehead atoms. The zero-order chi connectivity index (χ0) is 22.1. The van der Waals surface area contributed by atoms with Crippen LogP contribution in [0.15, 0.2) is 42.5 Å². The molecule has 2 aromatic carbocycles. The summed E-state index contributed by atoms with van der Waals surface area (Å²) in [4.78, 5) is 26.1. The molecule has 1 aliphatic carbocycles. The first-order chi connectivity index (χ1) is 14.9. The molecule has 1 heterocycles. The normalized spacial score (nSPS) is 13.3. The summed E-state index contributed by atoms with van der Waals surface area (Å²) in [5.74, 6) is 0.0452. The predicted octanol–water partition coefficient (Wildman–Crippen LogP) is 5.66. The number of aryl methyl sites for hydroxylation is 1. The monoisotopic (exact) mass is 456 g/mol. The van der Waals surface area contributed by atoms with E-state index < -0.39 is 0 Å². The Morgan fingerprint density at radius 3 is 2.48 bits per heavy atom. The maximum Gasteiger partial charge on any atom is 0.223 e. The molecule has 0 amide bonds. The van der Waals surface area contributed by atoms with Gasteiger partial charge in [0.2, 0.25) is 11.7 Å². The van der Waals surface area contributed by atoms with Crippen LogP contribution in [-0.4, -0.2) is 28.0 Å². The van der Waals surface area contributed by atoms with Crippen molar-refractivity contribution in [1.29, 1.82) is 0 Å². The highest BCUT2D eigenvalue weighted by Gasteiger charge is 2.36. The van der Waals surface area contributed by atoms with Crippen LogP contribution in [0.5, 0.6) is 5.88 Å². The van der Waals surface area contributed by atoms with Gasteiger partial charge in [-0.2, -0.15) is 5.10 Å². The van der Waals surface area contributed by atoms with Crippen LogP contribution in [0.3, 0.4) is 0 Å². The van der Waals surface area contributed by atoms with Gasteiger partial charge in [-0.05, 0) is 37.0 Å². The molecule has 0 aliphatic heterocycles.